The zero-order valence-electron chi connectivity index (χ0n) is 5.46. The van der Waals surface area contributed by atoms with E-state index in [1.807, 2.05) is 0 Å². The van der Waals surface area contributed by atoms with Crippen molar-refractivity contribution in [3.8, 4) is 0 Å². The van der Waals surface area contributed by atoms with E-state index in [-0.39, 0.29) is 11.6 Å². The van der Waals surface area contributed by atoms with Crippen LogP contribution in [-0.4, -0.2) is 23.8 Å². The molecule has 0 rings (SSSR count). The first-order valence-electron chi connectivity index (χ1n) is 2.37. The van der Waals surface area contributed by atoms with Crippen molar-refractivity contribution in [2.45, 2.75) is 6.92 Å². The van der Waals surface area contributed by atoms with Crippen molar-refractivity contribution < 1.29 is 4.79 Å². The van der Waals surface area contributed by atoms with E-state index in [9.17, 15) is 4.79 Å². The number of hydrogen-bond donors (Lipinski definition) is 2. The van der Waals surface area contributed by atoms with Crippen molar-refractivity contribution in [2.75, 3.05) is 7.05 Å². The number of nitrogens with two attached hydrogens (primary N) is 2. The van der Waals surface area contributed by atoms with Gasteiger partial charge in [0, 0.05) is 14.0 Å². The molecule has 0 amide bonds. The van der Waals surface area contributed by atoms with E-state index >= 15 is 0 Å². The zero-order valence-corrected chi connectivity index (χ0v) is 5.46. The van der Waals surface area contributed by atoms with Gasteiger partial charge in [0.15, 0.2) is 11.6 Å². The van der Waals surface area contributed by atoms with E-state index in [1.165, 1.54) is 14.0 Å². The van der Waals surface area contributed by atoms with Gasteiger partial charge >= 0.3 is 0 Å². The molecule has 0 spiro atoms. The van der Waals surface area contributed by atoms with Gasteiger partial charge in [0.05, 0.1) is 0 Å². The van der Waals surface area contributed by atoms with E-state index in [2.05, 4.69) is 5.10 Å². The van der Waals surface area contributed by atoms with Gasteiger partial charge in [0.2, 0.25) is 0 Å². The molecule has 0 aromatic heterocycles. The minimum Gasteiger partial charge on any atom is -0.379 e. The summed E-state index contributed by atoms with van der Waals surface area (Å²) >= 11 is 0. The minimum atomic E-state index is -0.285. The standard InChI is InChI=1S/C4H10N4O/c1-3(9)4(5)7-8(2)6/h6H2,1-2H3,(H2,5,7). The summed E-state index contributed by atoms with van der Waals surface area (Å²) in [7, 11) is 1.48. The molecular formula is C4H10N4O. The lowest BCUT2D eigenvalue weighted by atomic mass is 10.4. The summed E-state index contributed by atoms with van der Waals surface area (Å²) in [6, 6.07) is 0. The summed E-state index contributed by atoms with van der Waals surface area (Å²) < 4.78 is 0. The quantitative estimate of drug-likeness (QED) is 0.209. The van der Waals surface area contributed by atoms with Crippen LogP contribution >= 0.6 is 0 Å². The number of hydrazine groups is 1. The zero-order chi connectivity index (χ0) is 7.44. The second-order valence-corrected chi connectivity index (χ2v) is 1.62. The van der Waals surface area contributed by atoms with Crippen LogP contribution in [0.4, 0.5) is 0 Å². The van der Waals surface area contributed by atoms with Crippen LogP contribution in [0.5, 0.6) is 0 Å². The fraction of sp³-hybridized carbons (Fsp3) is 0.500. The van der Waals surface area contributed by atoms with Gasteiger partial charge in [-0.15, -0.1) is 5.10 Å². The van der Waals surface area contributed by atoms with Gasteiger partial charge in [0.25, 0.3) is 0 Å². The average molecular weight is 130 g/mol. The Kier molecular flexibility index (Phi) is 2.66. The third-order valence-corrected chi connectivity index (χ3v) is 0.626. The van der Waals surface area contributed by atoms with Gasteiger partial charge in [-0.05, 0) is 0 Å². The molecule has 0 heterocycles. The number of amidine groups is 1. The lowest BCUT2D eigenvalue weighted by Gasteiger charge is -2.02. The van der Waals surface area contributed by atoms with Gasteiger partial charge in [-0.25, -0.2) is 11.0 Å². The Bertz CT molecular complexity index is 140. The Morgan fingerprint density at radius 3 is 2.22 bits per heavy atom. The van der Waals surface area contributed by atoms with Gasteiger partial charge in [-0.3, -0.25) is 4.79 Å². The second kappa shape index (κ2) is 3.03. The number of hydrogen-bond acceptors (Lipinski definition) is 4. The maximum Gasteiger partial charge on any atom is 0.196 e. The molecule has 5 nitrogen and oxygen atoms in total. The Balaban J connectivity index is 4.00. The monoisotopic (exact) mass is 130 g/mol. The first-order valence-corrected chi connectivity index (χ1v) is 2.37. The van der Waals surface area contributed by atoms with Crippen LogP contribution in [0.15, 0.2) is 5.10 Å². The lowest BCUT2D eigenvalue weighted by Crippen LogP contribution is -2.28. The molecule has 5 heteroatoms. The highest BCUT2D eigenvalue weighted by Crippen LogP contribution is 1.73. The number of nitrogens with zero attached hydrogens (tertiary/aromatic N) is 2. The molecular weight excluding hydrogens is 120 g/mol. The number of Topliss-reactive ketones (excluding diaryl/α,β-unsaturated/α-hetero) is 1. The largest absolute Gasteiger partial charge is 0.379 e. The summed E-state index contributed by atoms with van der Waals surface area (Å²) in [6.45, 7) is 1.32. The molecule has 9 heavy (non-hydrogen) atoms. The molecule has 0 saturated carbocycles. The summed E-state index contributed by atoms with van der Waals surface area (Å²) in [5.41, 5.74) is 5.10. The smallest absolute Gasteiger partial charge is 0.196 e. The predicted molar refractivity (Wildman–Crippen MR) is 34.3 cm³/mol. The van der Waals surface area contributed by atoms with Crippen LogP contribution in [0.3, 0.4) is 0 Å². The fourth-order valence-corrected chi connectivity index (χ4v) is 0.240. The topological polar surface area (TPSA) is 84.7 Å². The first-order chi connectivity index (χ1) is 4.04. The Morgan fingerprint density at radius 2 is 2.11 bits per heavy atom. The van der Waals surface area contributed by atoms with E-state index in [0.717, 1.165) is 5.12 Å². The van der Waals surface area contributed by atoms with E-state index in [0.29, 0.717) is 0 Å². The molecule has 0 atom stereocenters. The molecule has 0 aromatic carbocycles. The lowest BCUT2D eigenvalue weighted by molar-refractivity contribution is -0.111. The van der Waals surface area contributed by atoms with Crippen LogP contribution in [0, 0.1) is 0 Å². The van der Waals surface area contributed by atoms with Crippen molar-refractivity contribution >= 4 is 11.6 Å². The SMILES string of the molecule is CC(=O)/C(N)=N/N(C)N. The number of carbonyl (C=O) groups is 1. The molecule has 52 valence electrons. The first kappa shape index (κ1) is 7.90. The highest BCUT2D eigenvalue weighted by atomic mass is 16.1. The van der Waals surface area contributed by atoms with Crippen LogP contribution in [-0.2, 0) is 4.79 Å². The van der Waals surface area contributed by atoms with Crippen LogP contribution in [0.2, 0.25) is 0 Å². The van der Waals surface area contributed by atoms with Crippen molar-refractivity contribution in [1.29, 1.82) is 0 Å². The maximum atomic E-state index is 10.3. The minimum absolute atomic E-state index is 0.0833. The van der Waals surface area contributed by atoms with Crippen molar-refractivity contribution in [2.24, 2.45) is 16.7 Å². The molecule has 4 N–H and O–H groups in total. The number of ketones is 1. The van der Waals surface area contributed by atoms with Crippen molar-refractivity contribution in [1.82, 2.24) is 5.12 Å². The van der Waals surface area contributed by atoms with Crippen molar-refractivity contribution in [3.63, 3.8) is 0 Å². The molecule has 0 saturated heterocycles. The maximum absolute atomic E-state index is 10.3. The molecule has 0 aliphatic rings. The average Bonchev–Trinajstić information content (AvgIpc) is 1.63. The second-order valence-electron chi connectivity index (χ2n) is 1.62. The Hall–Kier alpha value is -1.10. The van der Waals surface area contributed by atoms with Crippen LogP contribution in [0.25, 0.3) is 0 Å². The van der Waals surface area contributed by atoms with Gasteiger partial charge in [-0.1, -0.05) is 0 Å². The van der Waals surface area contributed by atoms with E-state index in [4.69, 9.17) is 11.6 Å². The third kappa shape index (κ3) is 3.48. The van der Waals surface area contributed by atoms with Crippen LogP contribution in [0.1, 0.15) is 6.92 Å². The molecule has 0 bridgehead atoms. The number of hydrazone groups is 1. The summed E-state index contributed by atoms with van der Waals surface area (Å²) in [4.78, 5) is 10.3. The Labute approximate surface area is 53.3 Å². The summed E-state index contributed by atoms with van der Waals surface area (Å²) in [6.07, 6.45) is 0. The highest BCUT2D eigenvalue weighted by molar-refractivity contribution is 6.37. The molecule has 0 aromatic rings. The number of carbonyl (C=O) groups excluding carboxylic acids is 1. The molecule has 0 unspecified atom stereocenters. The van der Waals surface area contributed by atoms with Crippen LogP contribution < -0.4 is 11.6 Å². The molecule has 0 aliphatic carbocycles. The van der Waals surface area contributed by atoms with Gasteiger partial charge in [0.1, 0.15) is 0 Å². The molecule has 0 radical (unpaired) electrons. The number of rotatable bonds is 2. The Morgan fingerprint density at radius 1 is 1.67 bits per heavy atom. The molecule has 0 aliphatic heterocycles. The van der Waals surface area contributed by atoms with Gasteiger partial charge < -0.3 is 5.73 Å². The van der Waals surface area contributed by atoms with E-state index in [1.54, 1.807) is 0 Å². The highest BCUT2D eigenvalue weighted by Gasteiger charge is 1.97. The molecule has 0 fully saturated rings. The predicted octanol–water partition coefficient (Wildman–Crippen LogP) is -1.35. The summed E-state index contributed by atoms with van der Waals surface area (Å²) in [5, 5.41) is 4.42. The summed E-state index contributed by atoms with van der Waals surface area (Å²) in [5.74, 6) is 4.68. The van der Waals surface area contributed by atoms with Crippen molar-refractivity contribution in [3.05, 3.63) is 0 Å². The fourth-order valence-electron chi connectivity index (χ4n) is 0.240. The third-order valence-electron chi connectivity index (χ3n) is 0.626. The van der Waals surface area contributed by atoms with Gasteiger partial charge in [-0.2, -0.15) is 0 Å². The normalized spacial score (nSPS) is 11.2. The van der Waals surface area contributed by atoms with E-state index < -0.39 is 0 Å².